The SMILES string of the molecule is COC(=O)C(C)(CC(C)OCCC1CC1)NC1CC1. The lowest BCUT2D eigenvalue weighted by atomic mass is 9.94. The topological polar surface area (TPSA) is 47.6 Å². The first kappa shape index (κ1) is 14.8. The van der Waals surface area contributed by atoms with E-state index in [1.54, 1.807) is 0 Å². The fourth-order valence-corrected chi connectivity index (χ4v) is 2.58. The molecular formula is C15H27NO3. The van der Waals surface area contributed by atoms with Crippen LogP contribution in [0.3, 0.4) is 0 Å². The first-order valence-corrected chi connectivity index (χ1v) is 7.51. The van der Waals surface area contributed by atoms with Crippen LogP contribution >= 0.6 is 0 Å². The first-order valence-electron chi connectivity index (χ1n) is 7.51. The maximum Gasteiger partial charge on any atom is 0.325 e. The number of ether oxygens (including phenoxy) is 2. The molecule has 0 radical (unpaired) electrons. The smallest absolute Gasteiger partial charge is 0.325 e. The Kier molecular flexibility index (Phi) is 4.85. The Morgan fingerprint density at radius 2 is 2.05 bits per heavy atom. The molecular weight excluding hydrogens is 242 g/mol. The van der Waals surface area contributed by atoms with Gasteiger partial charge in [0.1, 0.15) is 5.54 Å². The summed E-state index contributed by atoms with van der Waals surface area (Å²) in [4.78, 5) is 12.0. The van der Waals surface area contributed by atoms with Gasteiger partial charge in [-0.25, -0.2) is 0 Å². The van der Waals surface area contributed by atoms with Gasteiger partial charge < -0.3 is 9.47 Å². The van der Waals surface area contributed by atoms with Crippen LogP contribution in [-0.4, -0.2) is 37.4 Å². The van der Waals surface area contributed by atoms with E-state index >= 15 is 0 Å². The van der Waals surface area contributed by atoms with Crippen molar-refractivity contribution in [1.82, 2.24) is 5.32 Å². The van der Waals surface area contributed by atoms with Crippen molar-refractivity contribution in [3.63, 3.8) is 0 Å². The van der Waals surface area contributed by atoms with Gasteiger partial charge in [0.2, 0.25) is 0 Å². The number of rotatable bonds is 9. The molecule has 0 heterocycles. The van der Waals surface area contributed by atoms with Crippen molar-refractivity contribution in [3.05, 3.63) is 0 Å². The number of methoxy groups -OCH3 is 1. The molecule has 110 valence electrons. The van der Waals surface area contributed by atoms with E-state index in [1.165, 1.54) is 20.0 Å². The summed E-state index contributed by atoms with van der Waals surface area (Å²) < 4.78 is 10.8. The third kappa shape index (κ3) is 4.77. The standard InChI is InChI=1S/C15H27NO3/c1-11(19-9-8-12-4-5-12)10-15(2,14(17)18-3)16-13-6-7-13/h11-13,16H,4-10H2,1-3H3. The van der Waals surface area contributed by atoms with Crippen molar-refractivity contribution < 1.29 is 14.3 Å². The minimum Gasteiger partial charge on any atom is -0.468 e. The number of hydrogen-bond donors (Lipinski definition) is 1. The van der Waals surface area contributed by atoms with Crippen molar-refractivity contribution in [2.75, 3.05) is 13.7 Å². The maximum atomic E-state index is 12.0. The van der Waals surface area contributed by atoms with Crippen LogP contribution in [0.15, 0.2) is 0 Å². The van der Waals surface area contributed by atoms with Crippen molar-refractivity contribution in [2.24, 2.45) is 5.92 Å². The van der Waals surface area contributed by atoms with Gasteiger partial charge >= 0.3 is 5.97 Å². The van der Waals surface area contributed by atoms with Crippen LogP contribution in [0, 0.1) is 5.92 Å². The summed E-state index contributed by atoms with van der Waals surface area (Å²) >= 11 is 0. The van der Waals surface area contributed by atoms with Crippen molar-refractivity contribution in [3.8, 4) is 0 Å². The van der Waals surface area contributed by atoms with Gasteiger partial charge in [-0.1, -0.05) is 12.8 Å². The van der Waals surface area contributed by atoms with Gasteiger partial charge in [0, 0.05) is 19.1 Å². The van der Waals surface area contributed by atoms with Crippen LogP contribution in [0.2, 0.25) is 0 Å². The molecule has 2 atom stereocenters. The Balaban J connectivity index is 1.77. The second-order valence-corrected chi connectivity index (χ2v) is 6.36. The molecule has 0 saturated heterocycles. The highest BCUT2D eigenvalue weighted by atomic mass is 16.5. The van der Waals surface area contributed by atoms with Crippen molar-refractivity contribution in [2.45, 2.75) is 70.1 Å². The molecule has 4 heteroatoms. The van der Waals surface area contributed by atoms with E-state index < -0.39 is 5.54 Å². The molecule has 2 aliphatic carbocycles. The third-order valence-electron chi connectivity index (χ3n) is 4.06. The van der Waals surface area contributed by atoms with Crippen LogP contribution in [-0.2, 0) is 14.3 Å². The molecule has 0 bridgehead atoms. The highest BCUT2D eigenvalue weighted by molar-refractivity contribution is 5.80. The van der Waals surface area contributed by atoms with Crippen LogP contribution in [0.5, 0.6) is 0 Å². The van der Waals surface area contributed by atoms with E-state index in [0.717, 1.165) is 31.8 Å². The van der Waals surface area contributed by atoms with Crippen LogP contribution in [0.1, 0.15) is 52.4 Å². The molecule has 1 N–H and O–H groups in total. The lowest BCUT2D eigenvalue weighted by Crippen LogP contribution is -2.53. The van der Waals surface area contributed by atoms with Gasteiger partial charge in [0.15, 0.2) is 0 Å². The zero-order valence-electron chi connectivity index (χ0n) is 12.4. The second kappa shape index (κ2) is 6.23. The Bertz CT molecular complexity index is 313. The van der Waals surface area contributed by atoms with E-state index in [-0.39, 0.29) is 12.1 Å². The lowest BCUT2D eigenvalue weighted by Gasteiger charge is -2.30. The average Bonchev–Trinajstić information content (AvgIpc) is 3.23. The molecule has 2 unspecified atom stereocenters. The second-order valence-electron chi connectivity index (χ2n) is 6.36. The van der Waals surface area contributed by atoms with Gasteiger partial charge in [0.25, 0.3) is 0 Å². The Morgan fingerprint density at radius 3 is 2.58 bits per heavy atom. The zero-order chi connectivity index (χ0) is 13.9. The first-order chi connectivity index (χ1) is 9.03. The zero-order valence-corrected chi connectivity index (χ0v) is 12.4. The average molecular weight is 269 g/mol. The van der Waals surface area contributed by atoms with Crippen LogP contribution < -0.4 is 5.32 Å². The number of nitrogens with one attached hydrogen (secondary N) is 1. The van der Waals surface area contributed by atoms with Crippen LogP contribution in [0.4, 0.5) is 0 Å². The lowest BCUT2D eigenvalue weighted by molar-refractivity contribution is -0.149. The van der Waals surface area contributed by atoms with Crippen molar-refractivity contribution >= 4 is 5.97 Å². The number of hydrogen-bond acceptors (Lipinski definition) is 4. The summed E-state index contributed by atoms with van der Waals surface area (Å²) in [6.45, 7) is 4.78. The maximum absolute atomic E-state index is 12.0. The third-order valence-corrected chi connectivity index (χ3v) is 4.06. The molecule has 19 heavy (non-hydrogen) atoms. The van der Waals surface area contributed by atoms with E-state index in [2.05, 4.69) is 5.32 Å². The van der Waals surface area contributed by atoms with E-state index in [0.29, 0.717) is 12.5 Å². The predicted molar refractivity (Wildman–Crippen MR) is 74.0 cm³/mol. The highest BCUT2D eigenvalue weighted by Crippen LogP contribution is 2.32. The molecule has 0 amide bonds. The monoisotopic (exact) mass is 269 g/mol. The minimum atomic E-state index is -0.616. The molecule has 4 nitrogen and oxygen atoms in total. The van der Waals surface area contributed by atoms with E-state index in [1.807, 2.05) is 13.8 Å². The Morgan fingerprint density at radius 1 is 1.37 bits per heavy atom. The minimum absolute atomic E-state index is 0.0779. The molecule has 0 spiro atoms. The number of carbonyl (C=O) groups is 1. The summed E-state index contributed by atoms with van der Waals surface area (Å²) in [5.74, 6) is 0.709. The van der Waals surface area contributed by atoms with Gasteiger partial charge in [0.05, 0.1) is 13.2 Å². The van der Waals surface area contributed by atoms with Gasteiger partial charge in [-0.05, 0) is 39.0 Å². The molecule has 2 saturated carbocycles. The quantitative estimate of drug-likeness (QED) is 0.652. The van der Waals surface area contributed by atoms with Crippen molar-refractivity contribution in [1.29, 1.82) is 0 Å². The fraction of sp³-hybridized carbons (Fsp3) is 0.933. The Labute approximate surface area is 116 Å². The summed E-state index contributed by atoms with van der Waals surface area (Å²) in [5.41, 5.74) is -0.616. The normalized spacial score (nSPS) is 23.7. The molecule has 2 rings (SSSR count). The molecule has 0 aromatic heterocycles. The molecule has 0 aromatic rings. The largest absolute Gasteiger partial charge is 0.468 e. The summed E-state index contributed by atoms with van der Waals surface area (Å²) in [6.07, 6.45) is 6.94. The van der Waals surface area contributed by atoms with E-state index in [4.69, 9.17) is 9.47 Å². The van der Waals surface area contributed by atoms with Crippen LogP contribution in [0.25, 0.3) is 0 Å². The molecule has 2 aliphatic rings. The molecule has 2 fully saturated rings. The predicted octanol–water partition coefficient (Wildman–Crippen LogP) is 2.27. The number of carbonyl (C=O) groups excluding carboxylic acids is 1. The Hall–Kier alpha value is -0.610. The molecule has 0 aromatic carbocycles. The highest BCUT2D eigenvalue weighted by Gasteiger charge is 2.40. The van der Waals surface area contributed by atoms with Gasteiger partial charge in [-0.2, -0.15) is 0 Å². The fourth-order valence-electron chi connectivity index (χ4n) is 2.58. The van der Waals surface area contributed by atoms with Gasteiger partial charge in [-0.3, -0.25) is 10.1 Å². The summed E-state index contributed by atoms with van der Waals surface area (Å²) in [6, 6.07) is 0.475. The van der Waals surface area contributed by atoms with E-state index in [9.17, 15) is 4.79 Å². The number of esters is 1. The van der Waals surface area contributed by atoms with Gasteiger partial charge in [-0.15, -0.1) is 0 Å². The summed E-state index contributed by atoms with van der Waals surface area (Å²) in [7, 11) is 1.45. The summed E-state index contributed by atoms with van der Waals surface area (Å²) in [5, 5.41) is 3.41. The molecule has 0 aliphatic heterocycles.